The Kier molecular flexibility index (Phi) is 4.49. The van der Waals surface area contributed by atoms with Crippen LogP contribution in [0.3, 0.4) is 0 Å². The Balaban J connectivity index is 1.74. The summed E-state index contributed by atoms with van der Waals surface area (Å²) in [5, 5.41) is 3.96. The molecule has 0 aliphatic rings. The summed E-state index contributed by atoms with van der Waals surface area (Å²) < 4.78 is 0. The van der Waals surface area contributed by atoms with Gasteiger partial charge in [-0.05, 0) is 42.7 Å². The third kappa shape index (κ3) is 3.18. The first-order chi connectivity index (χ1) is 13.5. The molecular formula is C23H19N3O2. The summed E-state index contributed by atoms with van der Waals surface area (Å²) in [5.41, 5.74) is 4.19. The van der Waals surface area contributed by atoms with E-state index in [0.717, 1.165) is 22.4 Å². The van der Waals surface area contributed by atoms with Crippen molar-refractivity contribution >= 4 is 22.5 Å². The highest BCUT2D eigenvalue weighted by Gasteiger charge is 2.15. The van der Waals surface area contributed by atoms with Gasteiger partial charge in [0, 0.05) is 22.7 Å². The first-order valence-electron chi connectivity index (χ1n) is 9.00. The number of aryl methyl sites for hydroxylation is 1. The van der Waals surface area contributed by atoms with Crippen molar-refractivity contribution in [2.75, 3.05) is 5.32 Å². The van der Waals surface area contributed by atoms with Crippen LogP contribution in [0.15, 0.2) is 71.7 Å². The average molecular weight is 369 g/mol. The molecular weight excluding hydrogens is 350 g/mol. The lowest BCUT2D eigenvalue weighted by molar-refractivity contribution is 0.102. The summed E-state index contributed by atoms with van der Waals surface area (Å²) in [6.07, 6.45) is 1.44. The van der Waals surface area contributed by atoms with Crippen LogP contribution in [-0.4, -0.2) is 15.9 Å². The van der Waals surface area contributed by atoms with Crippen LogP contribution in [0.5, 0.6) is 0 Å². The summed E-state index contributed by atoms with van der Waals surface area (Å²) in [5.74, 6) is 0.157. The molecule has 0 radical (unpaired) electrons. The second-order valence-electron chi connectivity index (χ2n) is 6.66. The van der Waals surface area contributed by atoms with Gasteiger partial charge in [-0.2, -0.15) is 0 Å². The number of aromatic nitrogens is 2. The number of amides is 1. The van der Waals surface area contributed by atoms with Crippen LogP contribution in [0.2, 0.25) is 0 Å². The minimum Gasteiger partial charge on any atom is -0.328 e. The van der Waals surface area contributed by atoms with Gasteiger partial charge in [0.15, 0.2) is 0 Å². The van der Waals surface area contributed by atoms with Gasteiger partial charge < -0.3 is 10.3 Å². The van der Waals surface area contributed by atoms with Gasteiger partial charge in [-0.15, -0.1) is 0 Å². The van der Waals surface area contributed by atoms with E-state index >= 15 is 0 Å². The molecule has 5 heteroatoms. The lowest BCUT2D eigenvalue weighted by Gasteiger charge is -2.13. The number of fused-ring (bicyclic) bond motifs is 1. The van der Waals surface area contributed by atoms with Crippen LogP contribution in [0.4, 0.5) is 5.82 Å². The summed E-state index contributed by atoms with van der Waals surface area (Å²) in [7, 11) is 0. The van der Waals surface area contributed by atoms with E-state index in [0.29, 0.717) is 22.2 Å². The lowest BCUT2D eigenvalue weighted by atomic mass is 10.00. The molecule has 2 aromatic carbocycles. The molecule has 0 bridgehead atoms. The van der Waals surface area contributed by atoms with Crippen molar-refractivity contribution in [1.82, 2.24) is 9.97 Å². The predicted octanol–water partition coefficient (Wildman–Crippen LogP) is 4.46. The third-order valence-corrected chi connectivity index (χ3v) is 4.90. The number of nitrogens with one attached hydrogen (secondary N) is 2. The lowest BCUT2D eigenvalue weighted by Crippen LogP contribution is -2.17. The molecule has 2 aromatic heterocycles. The van der Waals surface area contributed by atoms with E-state index < -0.39 is 0 Å². The largest absolute Gasteiger partial charge is 0.328 e. The molecule has 2 N–H and O–H groups in total. The number of hydrogen-bond acceptors (Lipinski definition) is 3. The molecule has 0 saturated heterocycles. The minimum absolute atomic E-state index is 0.220. The SMILES string of the molecule is Cc1nc(NC(=O)c2c[nH]c(=O)c3ccccc23)cc(-c2ccccc2)c1C. The molecule has 0 unspecified atom stereocenters. The summed E-state index contributed by atoms with van der Waals surface area (Å²) in [4.78, 5) is 32.1. The summed E-state index contributed by atoms with van der Waals surface area (Å²) >= 11 is 0. The number of aromatic amines is 1. The second kappa shape index (κ2) is 7.12. The Morgan fingerprint density at radius 2 is 1.64 bits per heavy atom. The number of pyridine rings is 2. The number of nitrogens with zero attached hydrogens (tertiary/aromatic N) is 1. The van der Waals surface area contributed by atoms with Crippen LogP contribution in [-0.2, 0) is 0 Å². The van der Waals surface area contributed by atoms with Gasteiger partial charge in [0.25, 0.3) is 11.5 Å². The Labute approximate surface area is 162 Å². The molecule has 138 valence electrons. The van der Waals surface area contributed by atoms with E-state index in [-0.39, 0.29) is 11.5 Å². The smallest absolute Gasteiger partial charge is 0.258 e. The first kappa shape index (κ1) is 17.7. The highest BCUT2D eigenvalue weighted by Crippen LogP contribution is 2.27. The van der Waals surface area contributed by atoms with E-state index in [1.54, 1.807) is 24.3 Å². The van der Waals surface area contributed by atoms with Crippen LogP contribution in [0.25, 0.3) is 21.9 Å². The van der Waals surface area contributed by atoms with Crippen molar-refractivity contribution in [1.29, 1.82) is 0 Å². The molecule has 0 atom stereocenters. The zero-order valence-electron chi connectivity index (χ0n) is 15.6. The van der Waals surface area contributed by atoms with E-state index in [4.69, 9.17) is 0 Å². The van der Waals surface area contributed by atoms with Gasteiger partial charge in [-0.25, -0.2) is 4.98 Å². The van der Waals surface area contributed by atoms with Crippen molar-refractivity contribution in [3.05, 3.63) is 94.0 Å². The molecule has 0 spiro atoms. The normalized spacial score (nSPS) is 10.8. The van der Waals surface area contributed by atoms with Gasteiger partial charge in [0.05, 0.1) is 5.56 Å². The number of anilines is 1. The number of H-pyrrole nitrogens is 1. The molecule has 4 rings (SSSR count). The Hall–Kier alpha value is -3.73. The van der Waals surface area contributed by atoms with Gasteiger partial charge in [0.1, 0.15) is 5.82 Å². The van der Waals surface area contributed by atoms with E-state index in [2.05, 4.69) is 15.3 Å². The van der Waals surface area contributed by atoms with Gasteiger partial charge >= 0.3 is 0 Å². The number of hydrogen-bond donors (Lipinski definition) is 2. The minimum atomic E-state index is -0.317. The molecule has 0 aliphatic heterocycles. The molecule has 2 heterocycles. The van der Waals surface area contributed by atoms with Crippen molar-refractivity contribution in [2.45, 2.75) is 13.8 Å². The molecule has 0 aliphatic carbocycles. The Morgan fingerprint density at radius 3 is 2.39 bits per heavy atom. The zero-order valence-corrected chi connectivity index (χ0v) is 15.6. The molecule has 28 heavy (non-hydrogen) atoms. The predicted molar refractivity (Wildman–Crippen MR) is 112 cm³/mol. The number of benzene rings is 2. The highest BCUT2D eigenvalue weighted by atomic mass is 16.2. The Morgan fingerprint density at radius 1 is 0.964 bits per heavy atom. The van der Waals surface area contributed by atoms with Crippen LogP contribution in [0, 0.1) is 13.8 Å². The maximum absolute atomic E-state index is 12.9. The number of carbonyl (C=O) groups excluding carboxylic acids is 1. The van der Waals surface area contributed by atoms with Gasteiger partial charge in [-0.1, -0.05) is 48.5 Å². The van der Waals surface area contributed by atoms with Gasteiger partial charge in [-0.3, -0.25) is 9.59 Å². The maximum atomic E-state index is 12.9. The molecule has 4 aromatic rings. The van der Waals surface area contributed by atoms with E-state index in [1.165, 1.54) is 6.20 Å². The first-order valence-corrected chi connectivity index (χ1v) is 9.00. The standard InChI is InChI=1S/C23H19N3O2/c1-14-15(2)25-21(12-19(14)16-8-4-3-5-9-16)26-23(28)20-13-24-22(27)18-11-7-6-10-17(18)20/h3-13H,1-2H3,(H,24,27)(H,25,26,28). The summed E-state index contributed by atoms with van der Waals surface area (Å²) in [6.45, 7) is 3.94. The van der Waals surface area contributed by atoms with E-state index in [9.17, 15) is 9.59 Å². The number of carbonyl (C=O) groups is 1. The fourth-order valence-corrected chi connectivity index (χ4v) is 3.30. The average Bonchev–Trinajstić information content (AvgIpc) is 2.71. The Bertz CT molecular complexity index is 1240. The highest BCUT2D eigenvalue weighted by molar-refractivity contribution is 6.12. The van der Waals surface area contributed by atoms with Crippen molar-refractivity contribution in [3.8, 4) is 11.1 Å². The van der Waals surface area contributed by atoms with Crippen LogP contribution < -0.4 is 10.9 Å². The molecule has 1 amide bonds. The number of rotatable bonds is 3. The zero-order chi connectivity index (χ0) is 19.7. The van der Waals surface area contributed by atoms with Gasteiger partial charge in [0.2, 0.25) is 0 Å². The van der Waals surface area contributed by atoms with Crippen molar-refractivity contribution in [3.63, 3.8) is 0 Å². The maximum Gasteiger partial charge on any atom is 0.258 e. The van der Waals surface area contributed by atoms with Crippen LogP contribution in [0.1, 0.15) is 21.6 Å². The topological polar surface area (TPSA) is 74.8 Å². The van der Waals surface area contributed by atoms with Crippen LogP contribution >= 0.6 is 0 Å². The fraction of sp³-hybridized carbons (Fsp3) is 0.0870. The van der Waals surface area contributed by atoms with E-state index in [1.807, 2.05) is 50.2 Å². The second-order valence-corrected chi connectivity index (χ2v) is 6.66. The van der Waals surface area contributed by atoms with Crippen molar-refractivity contribution < 1.29 is 4.79 Å². The third-order valence-electron chi connectivity index (χ3n) is 4.90. The molecule has 0 fully saturated rings. The summed E-state index contributed by atoms with van der Waals surface area (Å²) in [6, 6.07) is 18.9. The molecule has 0 saturated carbocycles. The fourth-order valence-electron chi connectivity index (χ4n) is 3.30. The quantitative estimate of drug-likeness (QED) is 0.560. The molecule has 5 nitrogen and oxygen atoms in total. The van der Waals surface area contributed by atoms with Crippen molar-refractivity contribution in [2.24, 2.45) is 0 Å². The monoisotopic (exact) mass is 369 g/mol.